The van der Waals surface area contributed by atoms with Crippen molar-refractivity contribution in [3.63, 3.8) is 0 Å². The van der Waals surface area contributed by atoms with E-state index < -0.39 is 0 Å². The van der Waals surface area contributed by atoms with Gasteiger partial charge in [-0.05, 0) is 25.5 Å². The van der Waals surface area contributed by atoms with E-state index >= 15 is 0 Å². The Kier molecular flexibility index (Phi) is 3.34. The molecule has 0 bridgehead atoms. The van der Waals surface area contributed by atoms with Gasteiger partial charge < -0.3 is 10.5 Å². The van der Waals surface area contributed by atoms with Crippen molar-refractivity contribution in [3.8, 4) is 0 Å². The summed E-state index contributed by atoms with van der Waals surface area (Å²) in [5, 5.41) is 0. The molecular formula is C12H16FNO. The molecule has 1 aliphatic heterocycles. The predicted octanol–water partition coefficient (Wildman–Crippen LogP) is 2.25. The van der Waals surface area contributed by atoms with Crippen molar-refractivity contribution in [3.05, 3.63) is 35.6 Å². The molecule has 0 spiro atoms. The molecule has 1 heterocycles. The van der Waals surface area contributed by atoms with Crippen LogP contribution in [0.5, 0.6) is 0 Å². The number of nitrogens with two attached hydrogens (primary N) is 1. The van der Waals surface area contributed by atoms with Gasteiger partial charge in [0.15, 0.2) is 0 Å². The molecule has 2 unspecified atom stereocenters. The molecular weight excluding hydrogens is 193 g/mol. The Morgan fingerprint density at radius 1 is 1.40 bits per heavy atom. The van der Waals surface area contributed by atoms with Gasteiger partial charge in [-0.3, -0.25) is 0 Å². The predicted molar refractivity (Wildman–Crippen MR) is 56.9 cm³/mol. The zero-order valence-corrected chi connectivity index (χ0v) is 8.66. The molecule has 1 aromatic rings. The van der Waals surface area contributed by atoms with Crippen LogP contribution >= 0.6 is 0 Å². The third-order valence-corrected chi connectivity index (χ3v) is 2.96. The van der Waals surface area contributed by atoms with Crippen molar-refractivity contribution in [2.45, 2.75) is 18.9 Å². The Morgan fingerprint density at radius 3 is 2.93 bits per heavy atom. The van der Waals surface area contributed by atoms with E-state index in [2.05, 4.69) is 0 Å². The number of ether oxygens (including phenoxy) is 1. The minimum absolute atomic E-state index is 0.162. The van der Waals surface area contributed by atoms with E-state index in [4.69, 9.17) is 10.5 Å². The molecule has 15 heavy (non-hydrogen) atoms. The van der Waals surface area contributed by atoms with Crippen molar-refractivity contribution in [2.75, 3.05) is 13.2 Å². The molecule has 2 nitrogen and oxygen atoms in total. The maximum absolute atomic E-state index is 13.6. The number of hydrogen-bond acceptors (Lipinski definition) is 2. The molecule has 0 aromatic heterocycles. The van der Waals surface area contributed by atoms with Gasteiger partial charge in [0, 0.05) is 18.1 Å². The summed E-state index contributed by atoms with van der Waals surface area (Å²) >= 11 is 0. The first-order valence-electron chi connectivity index (χ1n) is 5.39. The normalized spacial score (nSPS) is 26.5. The summed E-state index contributed by atoms with van der Waals surface area (Å²) in [5.74, 6) is 0.0542. The van der Waals surface area contributed by atoms with Crippen LogP contribution in [0.15, 0.2) is 24.3 Å². The molecule has 0 saturated carbocycles. The minimum atomic E-state index is -0.192. The maximum atomic E-state index is 13.6. The summed E-state index contributed by atoms with van der Waals surface area (Å²) in [6.45, 7) is 1.26. The largest absolute Gasteiger partial charge is 0.373 e. The molecule has 0 radical (unpaired) electrons. The van der Waals surface area contributed by atoms with E-state index in [0.29, 0.717) is 18.7 Å². The fourth-order valence-corrected chi connectivity index (χ4v) is 2.13. The lowest BCUT2D eigenvalue weighted by atomic mass is 9.89. The van der Waals surface area contributed by atoms with Crippen LogP contribution in [0, 0.1) is 11.7 Å². The monoisotopic (exact) mass is 209 g/mol. The Morgan fingerprint density at radius 2 is 2.20 bits per heavy atom. The van der Waals surface area contributed by atoms with Crippen LogP contribution in [0.4, 0.5) is 4.39 Å². The molecule has 1 aromatic carbocycles. The summed E-state index contributed by atoms with van der Waals surface area (Å²) in [5.41, 5.74) is 6.32. The van der Waals surface area contributed by atoms with Gasteiger partial charge in [0.2, 0.25) is 0 Å². The van der Waals surface area contributed by atoms with E-state index in [9.17, 15) is 4.39 Å². The first kappa shape index (κ1) is 10.6. The lowest BCUT2D eigenvalue weighted by molar-refractivity contribution is -0.0270. The van der Waals surface area contributed by atoms with Crippen LogP contribution < -0.4 is 5.73 Å². The van der Waals surface area contributed by atoms with E-state index in [1.165, 1.54) is 6.07 Å². The van der Waals surface area contributed by atoms with Crippen molar-refractivity contribution >= 4 is 0 Å². The second-order valence-electron chi connectivity index (χ2n) is 3.95. The molecule has 1 aliphatic rings. The van der Waals surface area contributed by atoms with Crippen LogP contribution in [-0.4, -0.2) is 13.2 Å². The van der Waals surface area contributed by atoms with Crippen LogP contribution in [-0.2, 0) is 4.74 Å². The number of halogens is 1. The molecule has 1 fully saturated rings. The topological polar surface area (TPSA) is 35.2 Å². The Hall–Kier alpha value is -0.930. The lowest BCUT2D eigenvalue weighted by Crippen LogP contribution is -2.29. The fraction of sp³-hybridized carbons (Fsp3) is 0.500. The van der Waals surface area contributed by atoms with Crippen LogP contribution in [0.2, 0.25) is 0 Å². The van der Waals surface area contributed by atoms with Gasteiger partial charge >= 0.3 is 0 Å². The van der Waals surface area contributed by atoms with E-state index in [1.54, 1.807) is 12.1 Å². The first-order valence-corrected chi connectivity index (χ1v) is 5.39. The van der Waals surface area contributed by atoms with E-state index in [-0.39, 0.29) is 17.8 Å². The standard InChI is InChI=1S/C12H16FNO/c13-11-6-2-1-5-10(11)12-9(8-14)4-3-7-15-12/h1-2,5-6,9,12H,3-4,7-8,14H2. The zero-order valence-electron chi connectivity index (χ0n) is 8.66. The highest BCUT2D eigenvalue weighted by atomic mass is 19.1. The van der Waals surface area contributed by atoms with Gasteiger partial charge in [-0.2, -0.15) is 0 Å². The third kappa shape index (κ3) is 2.19. The fourth-order valence-electron chi connectivity index (χ4n) is 2.13. The summed E-state index contributed by atoms with van der Waals surface area (Å²) in [7, 11) is 0. The zero-order chi connectivity index (χ0) is 10.7. The van der Waals surface area contributed by atoms with Crippen molar-refractivity contribution in [2.24, 2.45) is 11.7 Å². The molecule has 2 atom stereocenters. The first-order chi connectivity index (χ1) is 7.33. The summed E-state index contributed by atoms with van der Waals surface area (Å²) < 4.78 is 19.2. The van der Waals surface area contributed by atoms with Gasteiger partial charge in [0.25, 0.3) is 0 Å². The summed E-state index contributed by atoms with van der Waals surface area (Å²) in [6.07, 6.45) is 1.88. The van der Waals surface area contributed by atoms with Gasteiger partial charge in [-0.1, -0.05) is 18.2 Å². The van der Waals surface area contributed by atoms with E-state index in [0.717, 1.165) is 12.8 Å². The number of rotatable bonds is 2. The van der Waals surface area contributed by atoms with Crippen LogP contribution in [0.1, 0.15) is 24.5 Å². The second-order valence-corrected chi connectivity index (χ2v) is 3.95. The van der Waals surface area contributed by atoms with Gasteiger partial charge in [0.05, 0.1) is 6.10 Å². The minimum Gasteiger partial charge on any atom is -0.373 e. The molecule has 82 valence electrons. The second kappa shape index (κ2) is 4.73. The molecule has 2 rings (SSSR count). The van der Waals surface area contributed by atoms with Gasteiger partial charge in [-0.25, -0.2) is 4.39 Å². The Labute approximate surface area is 89.2 Å². The van der Waals surface area contributed by atoms with Crippen molar-refractivity contribution < 1.29 is 9.13 Å². The Bertz CT molecular complexity index is 329. The molecule has 0 aliphatic carbocycles. The average Bonchev–Trinajstić information content (AvgIpc) is 2.30. The van der Waals surface area contributed by atoms with Gasteiger partial charge in [-0.15, -0.1) is 0 Å². The van der Waals surface area contributed by atoms with Crippen molar-refractivity contribution in [1.29, 1.82) is 0 Å². The van der Waals surface area contributed by atoms with Crippen LogP contribution in [0.3, 0.4) is 0 Å². The highest BCUT2D eigenvalue weighted by molar-refractivity contribution is 5.21. The maximum Gasteiger partial charge on any atom is 0.129 e. The lowest BCUT2D eigenvalue weighted by Gasteiger charge is -2.31. The SMILES string of the molecule is NCC1CCCOC1c1ccccc1F. The van der Waals surface area contributed by atoms with Crippen LogP contribution in [0.25, 0.3) is 0 Å². The van der Waals surface area contributed by atoms with Gasteiger partial charge in [0.1, 0.15) is 5.82 Å². The average molecular weight is 209 g/mol. The smallest absolute Gasteiger partial charge is 0.129 e. The highest BCUT2D eigenvalue weighted by Gasteiger charge is 2.28. The molecule has 3 heteroatoms. The Balaban J connectivity index is 2.24. The number of hydrogen-bond donors (Lipinski definition) is 1. The highest BCUT2D eigenvalue weighted by Crippen LogP contribution is 2.33. The quantitative estimate of drug-likeness (QED) is 0.810. The summed E-state index contributed by atoms with van der Waals surface area (Å²) in [4.78, 5) is 0. The number of benzene rings is 1. The van der Waals surface area contributed by atoms with Crippen molar-refractivity contribution in [1.82, 2.24) is 0 Å². The molecule has 1 saturated heterocycles. The molecule has 0 amide bonds. The third-order valence-electron chi connectivity index (χ3n) is 2.96. The summed E-state index contributed by atoms with van der Waals surface area (Å²) in [6, 6.07) is 6.79. The molecule has 2 N–H and O–H groups in total. The van der Waals surface area contributed by atoms with E-state index in [1.807, 2.05) is 6.07 Å².